The van der Waals surface area contributed by atoms with E-state index in [9.17, 15) is 0 Å². The number of nitrogens with two attached hydrogens (primary N) is 1. The molecule has 4 nitrogen and oxygen atoms in total. The molecule has 0 saturated carbocycles. The number of nitrogens with zero attached hydrogens (tertiary/aromatic N) is 2. The van der Waals surface area contributed by atoms with Crippen molar-refractivity contribution >= 4 is 27.6 Å². The summed E-state index contributed by atoms with van der Waals surface area (Å²) in [6, 6.07) is 11.5. The Bertz CT molecular complexity index is 598. The number of hydrogen-bond donors (Lipinski definition) is 2. The number of hydrogen-bond acceptors (Lipinski definition) is 3. The van der Waals surface area contributed by atoms with E-state index < -0.39 is 0 Å². The molecule has 0 unspecified atom stereocenters. The van der Waals surface area contributed by atoms with Gasteiger partial charge >= 0.3 is 0 Å². The van der Waals surface area contributed by atoms with Gasteiger partial charge < -0.3 is 10.6 Å². The molecular formula is C14H15BrN4. The smallest absolute Gasteiger partial charge is 0.142 e. The van der Waals surface area contributed by atoms with Gasteiger partial charge in [-0.2, -0.15) is 0 Å². The van der Waals surface area contributed by atoms with Crippen molar-refractivity contribution in [2.45, 2.75) is 6.54 Å². The Morgan fingerprint density at radius 1 is 1.37 bits per heavy atom. The zero-order chi connectivity index (χ0) is 13.8. The number of benzene rings is 1. The van der Waals surface area contributed by atoms with Gasteiger partial charge in [0, 0.05) is 25.4 Å². The molecule has 19 heavy (non-hydrogen) atoms. The van der Waals surface area contributed by atoms with Crippen molar-refractivity contribution in [1.82, 2.24) is 4.98 Å². The SMILES string of the molecule is CN(Cc1cccc(C(=N)N)c1)c1ncccc1Br. The van der Waals surface area contributed by atoms with Gasteiger partial charge in [-0.3, -0.25) is 5.41 Å². The molecule has 0 atom stereocenters. The molecule has 5 heteroatoms. The highest BCUT2D eigenvalue weighted by Crippen LogP contribution is 2.23. The minimum absolute atomic E-state index is 0.0866. The zero-order valence-electron chi connectivity index (χ0n) is 10.6. The van der Waals surface area contributed by atoms with Crippen LogP contribution in [0.4, 0.5) is 5.82 Å². The first-order valence-corrected chi connectivity index (χ1v) is 6.62. The standard InChI is InChI=1S/C14H15BrN4/c1-19(14-12(15)6-3-7-18-14)9-10-4-2-5-11(8-10)13(16)17/h2-8H,9H2,1H3,(H3,16,17). The molecule has 1 heterocycles. The minimum atomic E-state index is 0.0866. The molecule has 0 bridgehead atoms. The molecule has 2 aromatic rings. The van der Waals surface area contributed by atoms with Crippen molar-refractivity contribution in [3.63, 3.8) is 0 Å². The quantitative estimate of drug-likeness (QED) is 0.673. The maximum Gasteiger partial charge on any atom is 0.142 e. The number of halogens is 1. The van der Waals surface area contributed by atoms with E-state index in [1.807, 2.05) is 48.3 Å². The van der Waals surface area contributed by atoms with Crippen LogP contribution >= 0.6 is 15.9 Å². The summed E-state index contributed by atoms with van der Waals surface area (Å²) in [7, 11) is 1.98. The molecule has 2 rings (SSSR count). The lowest BCUT2D eigenvalue weighted by Gasteiger charge is -2.19. The summed E-state index contributed by atoms with van der Waals surface area (Å²) in [6.45, 7) is 0.705. The summed E-state index contributed by atoms with van der Waals surface area (Å²) in [5, 5.41) is 7.46. The average Bonchev–Trinajstić information content (AvgIpc) is 2.39. The second kappa shape index (κ2) is 5.84. The fourth-order valence-corrected chi connectivity index (χ4v) is 2.40. The van der Waals surface area contributed by atoms with Gasteiger partial charge in [-0.05, 0) is 39.7 Å². The Hall–Kier alpha value is -1.88. The number of nitrogen functional groups attached to an aromatic ring is 1. The predicted octanol–water partition coefficient (Wildman–Crippen LogP) is 2.76. The molecule has 0 fully saturated rings. The van der Waals surface area contributed by atoms with Gasteiger partial charge in [0.05, 0.1) is 4.47 Å². The fourth-order valence-electron chi connectivity index (χ4n) is 1.84. The van der Waals surface area contributed by atoms with E-state index >= 15 is 0 Å². The van der Waals surface area contributed by atoms with Gasteiger partial charge in [0.2, 0.25) is 0 Å². The van der Waals surface area contributed by atoms with Crippen molar-refractivity contribution in [2.24, 2.45) is 5.73 Å². The van der Waals surface area contributed by atoms with Crippen LogP contribution in [-0.4, -0.2) is 17.9 Å². The number of nitrogens with one attached hydrogen (secondary N) is 1. The summed E-state index contributed by atoms with van der Waals surface area (Å²) in [4.78, 5) is 6.39. The van der Waals surface area contributed by atoms with Crippen LogP contribution in [-0.2, 0) is 6.54 Å². The predicted molar refractivity (Wildman–Crippen MR) is 81.5 cm³/mol. The molecule has 0 radical (unpaired) electrons. The highest BCUT2D eigenvalue weighted by Gasteiger charge is 2.08. The molecule has 0 amide bonds. The van der Waals surface area contributed by atoms with Crippen molar-refractivity contribution < 1.29 is 0 Å². The molecule has 98 valence electrons. The van der Waals surface area contributed by atoms with E-state index in [0.717, 1.165) is 21.4 Å². The van der Waals surface area contributed by atoms with Crippen LogP contribution in [0.15, 0.2) is 47.1 Å². The van der Waals surface area contributed by atoms with E-state index in [1.54, 1.807) is 6.20 Å². The van der Waals surface area contributed by atoms with Crippen LogP contribution in [0.5, 0.6) is 0 Å². The molecule has 0 saturated heterocycles. The van der Waals surface area contributed by atoms with Crippen LogP contribution in [0.25, 0.3) is 0 Å². The number of pyridine rings is 1. The first-order chi connectivity index (χ1) is 9.08. The third-order valence-electron chi connectivity index (χ3n) is 2.76. The first-order valence-electron chi connectivity index (χ1n) is 5.83. The largest absolute Gasteiger partial charge is 0.384 e. The topological polar surface area (TPSA) is 66.0 Å². The number of anilines is 1. The van der Waals surface area contributed by atoms with Gasteiger partial charge in [-0.15, -0.1) is 0 Å². The molecule has 1 aromatic carbocycles. The summed E-state index contributed by atoms with van der Waals surface area (Å²) in [6.07, 6.45) is 1.77. The third kappa shape index (κ3) is 3.32. The molecule has 0 aliphatic heterocycles. The van der Waals surface area contributed by atoms with Crippen molar-refractivity contribution in [2.75, 3.05) is 11.9 Å². The Balaban J connectivity index is 2.19. The van der Waals surface area contributed by atoms with Gasteiger partial charge in [0.1, 0.15) is 11.7 Å². The van der Waals surface area contributed by atoms with Crippen molar-refractivity contribution in [3.8, 4) is 0 Å². The van der Waals surface area contributed by atoms with Gasteiger partial charge in [-0.25, -0.2) is 4.98 Å². The van der Waals surface area contributed by atoms with Gasteiger partial charge in [0.15, 0.2) is 0 Å². The lowest BCUT2D eigenvalue weighted by Crippen LogP contribution is -2.19. The summed E-state index contributed by atoms with van der Waals surface area (Å²) in [5.74, 6) is 0.972. The molecule has 0 spiro atoms. The second-order valence-corrected chi connectivity index (χ2v) is 5.13. The highest BCUT2D eigenvalue weighted by atomic mass is 79.9. The summed E-state index contributed by atoms with van der Waals surface area (Å²) >= 11 is 3.49. The van der Waals surface area contributed by atoms with Crippen LogP contribution in [0.3, 0.4) is 0 Å². The summed E-state index contributed by atoms with van der Waals surface area (Å²) in [5.41, 5.74) is 7.33. The number of rotatable bonds is 4. The van der Waals surface area contributed by atoms with Gasteiger partial charge in [0.25, 0.3) is 0 Å². The maximum absolute atomic E-state index is 7.46. The van der Waals surface area contributed by atoms with Crippen molar-refractivity contribution in [1.29, 1.82) is 5.41 Å². The van der Waals surface area contributed by atoms with Crippen LogP contribution in [0.2, 0.25) is 0 Å². The molecule has 0 aliphatic rings. The lowest BCUT2D eigenvalue weighted by atomic mass is 10.1. The van der Waals surface area contributed by atoms with E-state index in [-0.39, 0.29) is 5.84 Å². The van der Waals surface area contributed by atoms with Gasteiger partial charge in [-0.1, -0.05) is 18.2 Å². The number of aromatic nitrogens is 1. The third-order valence-corrected chi connectivity index (χ3v) is 3.38. The minimum Gasteiger partial charge on any atom is -0.384 e. The van der Waals surface area contributed by atoms with E-state index in [2.05, 4.69) is 20.9 Å². The van der Waals surface area contributed by atoms with Crippen LogP contribution in [0, 0.1) is 5.41 Å². The molecule has 1 aromatic heterocycles. The molecular weight excluding hydrogens is 304 g/mol. The van der Waals surface area contributed by atoms with E-state index in [1.165, 1.54) is 0 Å². The fraction of sp³-hybridized carbons (Fsp3) is 0.143. The molecule has 3 N–H and O–H groups in total. The normalized spacial score (nSPS) is 10.2. The van der Waals surface area contributed by atoms with Crippen LogP contribution in [0.1, 0.15) is 11.1 Å². The lowest BCUT2D eigenvalue weighted by molar-refractivity contribution is 0.894. The molecule has 0 aliphatic carbocycles. The maximum atomic E-state index is 7.46. The number of amidine groups is 1. The Morgan fingerprint density at radius 3 is 2.84 bits per heavy atom. The summed E-state index contributed by atoms with van der Waals surface area (Å²) < 4.78 is 0.959. The Labute approximate surface area is 120 Å². The highest BCUT2D eigenvalue weighted by molar-refractivity contribution is 9.10. The Kier molecular flexibility index (Phi) is 4.16. The van der Waals surface area contributed by atoms with E-state index in [4.69, 9.17) is 11.1 Å². The second-order valence-electron chi connectivity index (χ2n) is 4.28. The van der Waals surface area contributed by atoms with Crippen LogP contribution < -0.4 is 10.6 Å². The monoisotopic (exact) mass is 318 g/mol. The average molecular weight is 319 g/mol. The van der Waals surface area contributed by atoms with Crippen molar-refractivity contribution in [3.05, 3.63) is 58.2 Å². The first kappa shape index (κ1) is 13.5. The zero-order valence-corrected chi connectivity index (χ0v) is 12.2. The Morgan fingerprint density at radius 2 is 2.16 bits per heavy atom. The van der Waals surface area contributed by atoms with E-state index in [0.29, 0.717) is 6.54 Å².